The summed E-state index contributed by atoms with van der Waals surface area (Å²) in [5.74, 6) is -1.90. The van der Waals surface area contributed by atoms with Crippen molar-refractivity contribution in [2.24, 2.45) is 5.92 Å². The molecule has 0 bridgehead atoms. The summed E-state index contributed by atoms with van der Waals surface area (Å²) in [5, 5.41) is 14.8. The molecule has 0 aliphatic carbocycles. The summed E-state index contributed by atoms with van der Waals surface area (Å²) >= 11 is 0. The fourth-order valence-electron chi connectivity index (χ4n) is 5.48. The molecule has 2 N–H and O–H groups in total. The number of carboxylic acid groups (broad SMARTS) is 1. The summed E-state index contributed by atoms with van der Waals surface area (Å²) in [4.78, 5) is 57.0. The van der Waals surface area contributed by atoms with Crippen molar-refractivity contribution in [1.29, 1.82) is 0 Å². The van der Waals surface area contributed by atoms with Gasteiger partial charge in [0.15, 0.2) is 0 Å². The predicted octanol–water partition coefficient (Wildman–Crippen LogP) is 2.84. The molecule has 0 spiro atoms. The van der Waals surface area contributed by atoms with Crippen molar-refractivity contribution in [1.82, 2.24) is 20.0 Å². The Bertz CT molecular complexity index is 1170. The van der Waals surface area contributed by atoms with Crippen LogP contribution in [0.1, 0.15) is 60.2 Å². The van der Waals surface area contributed by atoms with E-state index >= 15 is 0 Å². The number of likely N-dealkylation sites (tertiary alicyclic amines) is 1. The Hall–Kier alpha value is -3.30. The molecule has 2 aromatic rings. The van der Waals surface area contributed by atoms with Crippen LogP contribution in [0, 0.1) is 5.92 Å². The van der Waals surface area contributed by atoms with Gasteiger partial charge in [0, 0.05) is 19.6 Å². The second-order valence-electron chi connectivity index (χ2n) is 11.0. The van der Waals surface area contributed by atoms with Gasteiger partial charge in [0.25, 0.3) is 11.8 Å². The van der Waals surface area contributed by atoms with Crippen LogP contribution in [0.25, 0.3) is 10.8 Å². The third kappa shape index (κ3) is 5.89. The fourth-order valence-corrected chi connectivity index (χ4v) is 5.48. The number of carboxylic acids is 1. The van der Waals surface area contributed by atoms with E-state index in [1.165, 1.54) is 0 Å². The van der Waals surface area contributed by atoms with Gasteiger partial charge < -0.3 is 14.9 Å². The second kappa shape index (κ2) is 11.6. The van der Waals surface area contributed by atoms with Crippen LogP contribution in [0.5, 0.6) is 0 Å². The first-order valence-electron chi connectivity index (χ1n) is 13.4. The number of hydrogen-bond donors (Lipinski definition) is 2. The van der Waals surface area contributed by atoms with E-state index < -0.39 is 29.9 Å². The summed E-state index contributed by atoms with van der Waals surface area (Å²) in [5.41, 5.74) is 0.669. The molecule has 1 fully saturated rings. The van der Waals surface area contributed by atoms with Crippen LogP contribution in [-0.2, 0) is 9.59 Å². The number of carbonyl (C=O) groups is 4. The Morgan fingerprint density at radius 3 is 2.08 bits per heavy atom. The first kappa shape index (κ1) is 27.7. The number of likely N-dealkylation sites (N-methyl/N-ethyl adjacent to an activating group) is 1. The van der Waals surface area contributed by atoms with Crippen molar-refractivity contribution in [3.8, 4) is 0 Å². The van der Waals surface area contributed by atoms with Gasteiger partial charge in [-0.2, -0.15) is 0 Å². The number of amides is 3. The molecule has 4 rings (SSSR count). The van der Waals surface area contributed by atoms with Crippen LogP contribution in [0.4, 0.5) is 0 Å². The standard InChI is InChI=1S/C29H38N4O5/c1-18(2)15-25(28(36)32(4)21-9-12-31(3)13-10-21)30-24(29(37)38)11-14-33-26(34)22-16-19-7-5-6-8-20(19)17-23(22)27(33)35/h5-8,16-18,21,24-25,30H,9-15H2,1-4H3,(H,37,38)/t24?,25-/m1/s1. The van der Waals surface area contributed by atoms with Gasteiger partial charge in [-0.05, 0) is 74.6 Å². The molecular weight excluding hydrogens is 484 g/mol. The van der Waals surface area contributed by atoms with Crippen molar-refractivity contribution in [2.45, 2.75) is 57.7 Å². The first-order chi connectivity index (χ1) is 18.1. The van der Waals surface area contributed by atoms with Gasteiger partial charge in [-0.3, -0.25) is 29.4 Å². The maximum atomic E-state index is 13.5. The lowest BCUT2D eigenvalue weighted by atomic mass is 9.98. The number of imide groups is 1. The minimum absolute atomic E-state index is 0.000133. The van der Waals surface area contributed by atoms with E-state index in [1.54, 1.807) is 24.1 Å². The number of carbonyl (C=O) groups excluding carboxylic acids is 3. The molecular formula is C29H38N4O5. The highest BCUT2D eigenvalue weighted by Gasteiger charge is 2.37. The molecule has 9 nitrogen and oxygen atoms in total. The average molecular weight is 523 g/mol. The Morgan fingerprint density at radius 1 is 1.03 bits per heavy atom. The van der Waals surface area contributed by atoms with Gasteiger partial charge in [-0.15, -0.1) is 0 Å². The van der Waals surface area contributed by atoms with Crippen molar-refractivity contribution in [3.05, 3.63) is 47.5 Å². The van der Waals surface area contributed by atoms with Gasteiger partial charge in [-0.1, -0.05) is 38.1 Å². The summed E-state index contributed by atoms with van der Waals surface area (Å²) in [7, 11) is 3.86. The van der Waals surface area contributed by atoms with Crippen LogP contribution in [0.3, 0.4) is 0 Å². The summed E-state index contributed by atoms with van der Waals surface area (Å²) in [6.07, 6.45) is 2.24. The summed E-state index contributed by atoms with van der Waals surface area (Å²) < 4.78 is 0. The number of piperidine rings is 1. The maximum Gasteiger partial charge on any atom is 0.320 e. The molecule has 2 aromatic carbocycles. The third-order valence-electron chi connectivity index (χ3n) is 7.77. The number of hydrogen-bond acceptors (Lipinski definition) is 6. The van der Waals surface area contributed by atoms with Crippen molar-refractivity contribution < 1.29 is 24.3 Å². The van der Waals surface area contributed by atoms with Gasteiger partial charge in [0.05, 0.1) is 17.2 Å². The zero-order valence-electron chi connectivity index (χ0n) is 22.6. The Kier molecular flexibility index (Phi) is 8.47. The molecule has 0 radical (unpaired) electrons. The van der Waals surface area contributed by atoms with E-state index in [4.69, 9.17) is 0 Å². The predicted molar refractivity (Wildman–Crippen MR) is 145 cm³/mol. The third-order valence-corrected chi connectivity index (χ3v) is 7.77. The summed E-state index contributed by atoms with van der Waals surface area (Å²) in [6, 6.07) is 9.30. The largest absolute Gasteiger partial charge is 0.480 e. The number of nitrogens with zero attached hydrogens (tertiary/aromatic N) is 3. The number of fused-ring (bicyclic) bond motifs is 2. The Morgan fingerprint density at radius 2 is 1.58 bits per heavy atom. The van der Waals surface area contributed by atoms with E-state index in [-0.39, 0.29) is 30.8 Å². The van der Waals surface area contributed by atoms with Crippen molar-refractivity contribution >= 4 is 34.5 Å². The van der Waals surface area contributed by atoms with Gasteiger partial charge in [0.2, 0.25) is 5.91 Å². The van der Waals surface area contributed by atoms with E-state index in [1.807, 2.05) is 38.1 Å². The maximum absolute atomic E-state index is 13.5. The fraction of sp³-hybridized carbons (Fsp3) is 0.517. The molecule has 3 amide bonds. The normalized spacial score (nSPS) is 18.2. The highest BCUT2D eigenvalue weighted by molar-refractivity contribution is 6.23. The molecule has 38 heavy (non-hydrogen) atoms. The minimum atomic E-state index is -1.11. The van der Waals surface area contributed by atoms with E-state index in [9.17, 15) is 24.3 Å². The lowest BCUT2D eigenvalue weighted by molar-refractivity contribution is -0.141. The van der Waals surface area contributed by atoms with Gasteiger partial charge >= 0.3 is 5.97 Å². The van der Waals surface area contributed by atoms with E-state index in [0.717, 1.165) is 41.6 Å². The van der Waals surface area contributed by atoms with E-state index in [2.05, 4.69) is 17.3 Å². The molecule has 0 saturated carbocycles. The number of nitrogens with one attached hydrogen (secondary N) is 1. The molecule has 2 aliphatic heterocycles. The quantitative estimate of drug-likeness (QED) is 0.462. The summed E-state index contributed by atoms with van der Waals surface area (Å²) in [6.45, 7) is 5.77. The molecule has 0 aromatic heterocycles. The lowest BCUT2D eigenvalue weighted by Crippen LogP contribution is -2.55. The molecule has 9 heteroatoms. The molecule has 2 aliphatic rings. The van der Waals surface area contributed by atoms with Crippen LogP contribution in [0.2, 0.25) is 0 Å². The highest BCUT2D eigenvalue weighted by atomic mass is 16.4. The van der Waals surface area contributed by atoms with Crippen molar-refractivity contribution in [2.75, 3.05) is 33.7 Å². The Labute approximate surface area is 223 Å². The minimum Gasteiger partial charge on any atom is -0.480 e. The second-order valence-corrected chi connectivity index (χ2v) is 11.0. The molecule has 1 unspecified atom stereocenters. The van der Waals surface area contributed by atoms with Gasteiger partial charge in [-0.25, -0.2) is 0 Å². The van der Waals surface area contributed by atoms with Crippen LogP contribution >= 0.6 is 0 Å². The SMILES string of the molecule is CC(C)C[C@@H](NC(CCN1C(=O)c2cc3ccccc3cc2C1=O)C(=O)O)C(=O)N(C)C1CCN(C)CC1. The number of aliphatic carboxylic acids is 1. The van der Waals surface area contributed by atoms with Gasteiger partial charge in [0.1, 0.15) is 6.04 Å². The smallest absolute Gasteiger partial charge is 0.320 e. The van der Waals surface area contributed by atoms with Crippen molar-refractivity contribution in [3.63, 3.8) is 0 Å². The molecule has 2 heterocycles. The van der Waals surface area contributed by atoms with Crippen LogP contribution < -0.4 is 5.32 Å². The topological polar surface area (TPSA) is 110 Å². The number of benzene rings is 2. The lowest BCUT2D eigenvalue weighted by Gasteiger charge is -2.37. The molecule has 1 saturated heterocycles. The van der Waals surface area contributed by atoms with E-state index in [0.29, 0.717) is 17.5 Å². The molecule has 204 valence electrons. The first-order valence-corrected chi connectivity index (χ1v) is 13.4. The van der Waals surface area contributed by atoms with Crippen LogP contribution in [0.15, 0.2) is 36.4 Å². The molecule has 2 atom stereocenters. The van der Waals surface area contributed by atoms with Crippen LogP contribution in [-0.4, -0.2) is 95.4 Å². The zero-order chi connectivity index (χ0) is 27.6. The Balaban J connectivity index is 1.45. The average Bonchev–Trinajstić information content (AvgIpc) is 3.12. The monoisotopic (exact) mass is 522 g/mol. The highest BCUT2D eigenvalue weighted by Crippen LogP contribution is 2.28. The number of rotatable bonds is 10. The zero-order valence-corrected chi connectivity index (χ0v) is 22.6.